The molecule has 3 rings (SSSR count). The van der Waals surface area contributed by atoms with E-state index in [1.54, 1.807) is 0 Å². The highest BCUT2D eigenvalue weighted by atomic mass is 16.5. The molecule has 0 aromatic heterocycles. The van der Waals surface area contributed by atoms with Crippen molar-refractivity contribution < 1.29 is 14.3 Å². The van der Waals surface area contributed by atoms with E-state index in [0.29, 0.717) is 13.0 Å². The summed E-state index contributed by atoms with van der Waals surface area (Å²) < 4.78 is 11.4. The minimum atomic E-state index is -0.00882. The van der Waals surface area contributed by atoms with E-state index < -0.39 is 0 Å². The molecule has 1 saturated carbocycles. The van der Waals surface area contributed by atoms with Gasteiger partial charge in [0.2, 0.25) is 5.91 Å². The maximum Gasteiger partial charge on any atom is 0.226 e. The number of para-hydroxylation sites is 2. The summed E-state index contributed by atoms with van der Waals surface area (Å²) in [5.74, 6) is 0.765. The van der Waals surface area contributed by atoms with Gasteiger partial charge in [-0.1, -0.05) is 12.1 Å². The van der Waals surface area contributed by atoms with E-state index in [1.165, 1.54) is 12.8 Å². The minimum Gasteiger partial charge on any atom is -0.488 e. The molecule has 1 aliphatic carbocycles. The van der Waals surface area contributed by atoms with Gasteiger partial charge in [-0.25, -0.2) is 0 Å². The number of morpholine rings is 1. The van der Waals surface area contributed by atoms with Gasteiger partial charge in [-0.2, -0.15) is 0 Å². The lowest BCUT2D eigenvalue weighted by atomic mass is 10.2. The summed E-state index contributed by atoms with van der Waals surface area (Å²) in [5, 5.41) is 6.26. The standard InChI is InChI=1S/C17H24N2O3/c20-17(11-13-12-21-10-9-18-13)19-15-7-3-4-8-16(15)22-14-5-1-2-6-14/h3-4,7-8,13-14,18H,1-2,5-6,9-12H2,(H,19,20). The number of rotatable bonds is 5. The fraction of sp³-hybridized carbons (Fsp3) is 0.588. The summed E-state index contributed by atoms with van der Waals surface area (Å²) in [7, 11) is 0. The molecule has 1 aliphatic heterocycles. The van der Waals surface area contributed by atoms with Crippen LogP contribution in [0.2, 0.25) is 0 Å². The van der Waals surface area contributed by atoms with Crippen LogP contribution in [0.15, 0.2) is 24.3 Å². The maximum atomic E-state index is 12.2. The SMILES string of the molecule is O=C(CC1COCCN1)Nc1ccccc1OC1CCCC1. The van der Waals surface area contributed by atoms with Gasteiger partial charge in [0.25, 0.3) is 0 Å². The smallest absolute Gasteiger partial charge is 0.226 e. The summed E-state index contributed by atoms with van der Waals surface area (Å²) >= 11 is 0. The molecule has 0 bridgehead atoms. The molecular formula is C17H24N2O3. The van der Waals surface area contributed by atoms with E-state index in [1.807, 2.05) is 24.3 Å². The highest BCUT2D eigenvalue weighted by molar-refractivity contribution is 5.92. The number of ether oxygens (including phenoxy) is 2. The lowest BCUT2D eigenvalue weighted by Crippen LogP contribution is -2.43. The summed E-state index contributed by atoms with van der Waals surface area (Å²) in [4.78, 5) is 12.2. The van der Waals surface area contributed by atoms with Gasteiger partial charge in [-0.15, -0.1) is 0 Å². The normalized spacial score (nSPS) is 22.5. The van der Waals surface area contributed by atoms with E-state index in [0.717, 1.165) is 37.4 Å². The second-order valence-corrected chi connectivity index (χ2v) is 6.00. The minimum absolute atomic E-state index is 0.00882. The first-order valence-electron chi connectivity index (χ1n) is 8.18. The number of nitrogens with one attached hydrogen (secondary N) is 2. The topological polar surface area (TPSA) is 59.6 Å². The van der Waals surface area contributed by atoms with Crippen LogP contribution in [0.3, 0.4) is 0 Å². The Morgan fingerprint density at radius 1 is 1.32 bits per heavy atom. The fourth-order valence-corrected chi connectivity index (χ4v) is 3.03. The molecule has 0 radical (unpaired) electrons. The Hall–Kier alpha value is -1.59. The second kappa shape index (κ2) is 7.61. The monoisotopic (exact) mass is 304 g/mol. The predicted octanol–water partition coefficient (Wildman–Crippen LogP) is 2.33. The Kier molecular flexibility index (Phi) is 5.29. The van der Waals surface area contributed by atoms with Gasteiger partial charge in [-0.3, -0.25) is 4.79 Å². The van der Waals surface area contributed by atoms with Crippen LogP contribution in [-0.2, 0) is 9.53 Å². The molecule has 1 atom stereocenters. The van der Waals surface area contributed by atoms with Crippen LogP contribution in [0, 0.1) is 0 Å². The van der Waals surface area contributed by atoms with E-state index in [4.69, 9.17) is 9.47 Å². The largest absolute Gasteiger partial charge is 0.488 e. The Morgan fingerprint density at radius 2 is 2.14 bits per heavy atom. The van der Waals surface area contributed by atoms with Gasteiger partial charge in [0, 0.05) is 19.0 Å². The molecule has 2 aliphatic rings. The number of carbonyl (C=O) groups is 1. The first-order chi connectivity index (χ1) is 10.8. The van der Waals surface area contributed by atoms with Crippen molar-refractivity contribution in [1.29, 1.82) is 0 Å². The van der Waals surface area contributed by atoms with Gasteiger partial charge < -0.3 is 20.1 Å². The van der Waals surface area contributed by atoms with Gasteiger partial charge in [0.15, 0.2) is 0 Å². The van der Waals surface area contributed by atoms with Crippen molar-refractivity contribution in [2.75, 3.05) is 25.1 Å². The molecular weight excluding hydrogens is 280 g/mol. The molecule has 22 heavy (non-hydrogen) atoms. The van der Waals surface area contributed by atoms with Crippen molar-refractivity contribution in [1.82, 2.24) is 5.32 Å². The molecule has 1 aromatic carbocycles. The van der Waals surface area contributed by atoms with Crippen molar-refractivity contribution in [3.63, 3.8) is 0 Å². The molecule has 1 heterocycles. The quantitative estimate of drug-likeness (QED) is 0.876. The zero-order valence-corrected chi connectivity index (χ0v) is 12.8. The van der Waals surface area contributed by atoms with Crippen LogP contribution in [0.5, 0.6) is 5.75 Å². The Labute approximate surface area is 131 Å². The van der Waals surface area contributed by atoms with Gasteiger partial charge in [-0.05, 0) is 37.8 Å². The summed E-state index contributed by atoms with van der Waals surface area (Å²) in [6, 6.07) is 7.77. The van der Waals surface area contributed by atoms with Gasteiger partial charge in [0.05, 0.1) is 25.0 Å². The zero-order chi connectivity index (χ0) is 15.2. The first kappa shape index (κ1) is 15.3. The van der Waals surface area contributed by atoms with E-state index in [2.05, 4.69) is 10.6 Å². The van der Waals surface area contributed by atoms with E-state index >= 15 is 0 Å². The molecule has 1 amide bonds. The number of hydrogen-bond donors (Lipinski definition) is 2. The number of hydrogen-bond acceptors (Lipinski definition) is 4. The first-order valence-corrected chi connectivity index (χ1v) is 8.18. The molecule has 5 heteroatoms. The summed E-state index contributed by atoms with van der Waals surface area (Å²) in [6.45, 7) is 2.11. The van der Waals surface area contributed by atoms with Crippen LogP contribution >= 0.6 is 0 Å². The third-order valence-corrected chi connectivity index (χ3v) is 4.19. The van der Waals surface area contributed by atoms with Crippen molar-refractivity contribution >= 4 is 11.6 Å². The third kappa shape index (κ3) is 4.21. The third-order valence-electron chi connectivity index (χ3n) is 4.19. The summed E-state index contributed by atoms with van der Waals surface area (Å²) in [6.07, 6.45) is 5.36. The van der Waals surface area contributed by atoms with E-state index in [-0.39, 0.29) is 18.1 Å². The Balaban J connectivity index is 1.57. The van der Waals surface area contributed by atoms with Crippen molar-refractivity contribution in [3.05, 3.63) is 24.3 Å². The fourth-order valence-electron chi connectivity index (χ4n) is 3.03. The molecule has 0 spiro atoms. The van der Waals surface area contributed by atoms with Crippen LogP contribution in [-0.4, -0.2) is 37.8 Å². The number of carbonyl (C=O) groups excluding carboxylic acids is 1. The van der Waals surface area contributed by atoms with Crippen molar-refractivity contribution in [2.45, 2.75) is 44.2 Å². The Bertz CT molecular complexity index is 494. The predicted molar refractivity (Wildman–Crippen MR) is 85.2 cm³/mol. The van der Waals surface area contributed by atoms with Gasteiger partial charge >= 0.3 is 0 Å². The molecule has 1 aromatic rings. The molecule has 1 saturated heterocycles. The average molecular weight is 304 g/mol. The van der Waals surface area contributed by atoms with Crippen LogP contribution in [0.25, 0.3) is 0 Å². The maximum absolute atomic E-state index is 12.2. The molecule has 1 unspecified atom stereocenters. The summed E-state index contributed by atoms with van der Waals surface area (Å²) in [5.41, 5.74) is 0.760. The van der Waals surface area contributed by atoms with Crippen molar-refractivity contribution in [2.24, 2.45) is 0 Å². The van der Waals surface area contributed by atoms with Gasteiger partial charge in [0.1, 0.15) is 5.75 Å². The second-order valence-electron chi connectivity index (χ2n) is 6.00. The zero-order valence-electron chi connectivity index (χ0n) is 12.8. The lowest BCUT2D eigenvalue weighted by Gasteiger charge is -2.23. The van der Waals surface area contributed by atoms with Crippen LogP contribution < -0.4 is 15.4 Å². The number of benzene rings is 1. The number of amides is 1. The molecule has 2 fully saturated rings. The van der Waals surface area contributed by atoms with E-state index in [9.17, 15) is 4.79 Å². The highest BCUT2D eigenvalue weighted by Crippen LogP contribution is 2.29. The highest BCUT2D eigenvalue weighted by Gasteiger charge is 2.20. The number of anilines is 1. The van der Waals surface area contributed by atoms with Crippen molar-refractivity contribution in [3.8, 4) is 5.75 Å². The van der Waals surface area contributed by atoms with Crippen LogP contribution in [0.4, 0.5) is 5.69 Å². The average Bonchev–Trinajstić information content (AvgIpc) is 3.03. The lowest BCUT2D eigenvalue weighted by molar-refractivity contribution is -0.117. The Morgan fingerprint density at radius 3 is 2.91 bits per heavy atom. The van der Waals surface area contributed by atoms with Crippen LogP contribution in [0.1, 0.15) is 32.1 Å². The molecule has 5 nitrogen and oxygen atoms in total. The molecule has 120 valence electrons. The molecule has 2 N–H and O–H groups in total.